The SMILES string of the molecule is CC#Cc1ccc(O)c2c1C[C@@]1(C)C[C@@]3(C)C(C(C)C)=C(C)C(C(C)=O)C(=O)[C@@]3(O)C(=O)C1C2=O. The van der Waals surface area contributed by atoms with Gasteiger partial charge in [-0.15, -0.1) is 5.92 Å². The Labute approximate surface area is 205 Å². The minimum Gasteiger partial charge on any atom is -0.507 e. The molecule has 35 heavy (non-hydrogen) atoms. The van der Waals surface area contributed by atoms with E-state index in [4.69, 9.17) is 0 Å². The van der Waals surface area contributed by atoms with Gasteiger partial charge in [0.2, 0.25) is 0 Å². The van der Waals surface area contributed by atoms with Crippen LogP contribution >= 0.6 is 0 Å². The highest BCUT2D eigenvalue weighted by atomic mass is 16.3. The number of aromatic hydroxyl groups is 1. The van der Waals surface area contributed by atoms with Gasteiger partial charge in [-0.2, -0.15) is 0 Å². The van der Waals surface area contributed by atoms with Gasteiger partial charge in [0, 0.05) is 11.0 Å². The van der Waals surface area contributed by atoms with E-state index in [2.05, 4.69) is 11.8 Å². The summed E-state index contributed by atoms with van der Waals surface area (Å²) in [6.07, 6.45) is 0.470. The van der Waals surface area contributed by atoms with Crippen LogP contribution in [0.1, 0.15) is 76.4 Å². The van der Waals surface area contributed by atoms with Crippen molar-refractivity contribution in [1.82, 2.24) is 0 Å². The second-order valence-electron chi connectivity index (χ2n) is 11.2. The van der Waals surface area contributed by atoms with Gasteiger partial charge in [-0.25, -0.2) is 0 Å². The first kappa shape index (κ1) is 25.1. The number of rotatable bonds is 2. The van der Waals surface area contributed by atoms with Gasteiger partial charge in [0.15, 0.2) is 23.0 Å². The summed E-state index contributed by atoms with van der Waals surface area (Å²) in [5, 5.41) is 22.6. The zero-order valence-electron chi connectivity index (χ0n) is 21.3. The van der Waals surface area contributed by atoms with Crippen LogP contribution in [0.5, 0.6) is 5.75 Å². The number of carbonyl (C=O) groups excluding carboxylic acids is 4. The summed E-state index contributed by atoms with van der Waals surface area (Å²) in [7, 11) is 0. The highest BCUT2D eigenvalue weighted by Gasteiger charge is 2.73. The smallest absolute Gasteiger partial charge is 0.192 e. The van der Waals surface area contributed by atoms with Crippen LogP contribution in [0.15, 0.2) is 23.3 Å². The minimum atomic E-state index is -2.52. The molecule has 0 saturated heterocycles. The number of phenolic OH excluding ortho intramolecular Hbond substituents is 1. The summed E-state index contributed by atoms with van der Waals surface area (Å²) in [6.45, 7) is 12.1. The number of aliphatic hydroxyl groups is 1. The molecule has 0 aromatic heterocycles. The van der Waals surface area contributed by atoms with Crippen LogP contribution in [0.25, 0.3) is 0 Å². The van der Waals surface area contributed by atoms with Crippen molar-refractivity contribution in [3.8, 4) is 17.6 Å². The normalized spacial score (nSPS) is 34.1. The van der Waals surface area contributed by atoms with Gasteiger partial charge in [-0.05, 0) is 62.6 Å². The number of phenols is 1. The molecule has 6 heteroatoms. The average Bonchev–Trinajstić information content (AvgIpc) is 2.72. The maximum atomic E-state index is 14.2. The average molecular weight is 477 g/mol. The molecule has 1 aromatic carbocycles. The van der Waals surface area contributed by atoms with Crippen molar-refractivity contribution >= 4 is 23.1 Å². The lowest BCUT2D eigenvalue weighted by Gasteiger charge is -2.60. The number of hydrogen-bond acceptors (Lipinski definition) is 6. The maximum Gasteiger partial charge on any atom is 0.192 e. The number of fused-ring (bicyclic) bond motifs is 3. The van der Waals surface area contributed by atoms with Crippen LogP contribution in [-0.2, 0) is 20.8 Å². The first-order valence-electron chi connectivity index (χ1n) is 12.0. The van der Waals surface area contributed by atoms with Crippen LogP contribution in [0.2, 0.25) is 0 Å². The van der Waals surface area contributed by atoms with E-state index >= 15 is 0 Å². The Kier molecular flexibility index (Phi) is 5.54. The van der Waals surface area contributed by atoms with Gasteiger partial charge in [-0.1, -0.05) is 44.8 Å². The number of hydrogen-bond donors (Lipinski definition) is 2. The van der Waals surface area contributed by atoms with E-state index in [1.165, 1.54) is 13.0 Å². The molecule has 1 saturated carbocycles. The molecule has 2 unspecified atom stereocenters. The van der Waals surface area contributed by atoms with Crippen molar-refractivity contribution in [3.63, 3.8) is 0 Å². The van der Waals surface area contributed by atoms with Gasteiger partial charge in [-0.3, -0.25) is 19.2 Å². The standard InChI is InChI=1S/C29H32O6/c1-8-9-17-10-11-19(31)21-18(17)12-27(6)13-28(7)22(14(2)3)15(4)20(16(5)30)25(33)29(28,35)26(34)23(27)24(21)32/h10-11,14,20,23,31,35H,12-13H2,1-7H3/t20?,23?,27-,28-,29+/m0/s1. The quantitative estimate of drug-likeness (QED) is 0.384. The molecule has 184 valence electrons. The molecule has 3 aliphatic carbocycles. The summed E-state index contributed by atoms with van der Waals surface area (Å²) in [6, 6.07) is 3.04. The Morgan fingerprint density at radius 3 is 2.31 bits per heavy atom. The lowest BCUT2D eigenvalue weighted by atomic mass is 9.41. The summed E-state index contributed by atoms with van der Waals surface area (Å²) >= 11 is 0. The predicted molar refractivity (Wildman–Crippen MR) is 130 cm³/mol. The predicted octanol–water partition coefficient (Wildman–Crippen LogP) is 3.60. The van der Waals surface area contributed by atoms with E-state index < -0.39 is 51.4 Å². The Morgan fingerprint density at radius 2 is 1.77 bits per heavy atom. The fraction of sp³-hybridized carbons (Fsp3) is 0.517. The second kappa shape index (κ2) is 7.73. The molecule has 0 aliphatic heterocycles. The van der Waals surface area contributed by atoms with Crippen LogP contribution < -0.4 is 0 Å². The van der Waals surface area contributed by atoms with Gasteiger partial charge in [0.05, 0.1) is 11.5 Å². The molecule has 1 fully saturated rings. The van der Waals surface area contributed by atoms with Crippen molar-refractivity contribution in [2.24, 2.45) is 28.6 Å². The van der Waals surface area contributed by atoms with E-state index in [9.17, 15) is 29.4 Å². The summed E-state index contributed by atoms with van der Waals surface area (Å²) in [4.78, 5) is 54.3. The number of carbonyl (C=O) groups is 4. The molecule has 4 rings (SSSR count). The van der Waals surface area contributed by atoms with E-state index in [1.54, 1.807) is 26.8 Å². The van der Waals surface area contributed by atoms with Gasteiger partial charge in [0.1, 0.15) is 17.5 Å². The maximum absolute atomic E-state index is 14.2. The van der Waals surface area contributed by atoms with Crippen molar-refractivity contribution in [1.29, 1.82) is 0 Å². The summed E-state index contributed by atoms with van der Waals surface area (Å²) < 4.78 is 0. The molecule has 2 N–H and O–H groups in total. The lowest BCUT2D eigenvalue weighted by molar-refractivity contribution is -0.183. The summed E-state index contributed by atoms with van der Waals surface area (Å²) in [5.41, 5.74) is -2.22. The van der Waals surface area contributed by atoms with E-state index in [1.807, 2.05) is 20.8 Å². The summed E-state index contributed by atoms with van der Waals surface area (Å²) in [5.74, 6) is 0.0836. The van der Waals surface area contributed by atoms with Gasteiger partial charge >= 0.3 is 0 Å². The molecule has 0 radical (unpaired) electrons. The number of Topliss-reactive ketones (excluding diaryl/α,β-unsaturated/α-hetero) is 4. The molecule has 0 bridgehead atoms. The Morgan fingerprint density at radius 1 is 1.14 bits per heavy atom. The second-order valence-corrected chi connectivity index (χ2v) is 11.2. The highest BCUT2D eigenvalue weighted by molar-refractivity contribution is 6.27. The zero-order valence-corrected chi connectivity index (χ0v) is 21.3. The van der Waals surface area contributed by atoms with Crippen molar-refractivity contribution in [2.75, 3.05) is 0 Å². The number of ketones is 4. The minimum absolute atomic E-state index is 0.0236. The first-order valence-corrected chi connectivity index (χ1v) is 12.0. The molecule has 3 aliphatic rings. The third-order valence-electron chi connectivity index (χ3n) is 8.57. The molecule has 0 heterocycles. The van der Waals surface area contributed by atoms with Gasteiger partial charge in [0.25, 0.3) is 0 Å². The lowest BCUT2D eigenvalue weighted by Crippen LogP contribution is -2.73. The fourth-order valence-corrected chi connectivity index (χ4v) is 7.59. The van der Waals surface area contributed by atoms with Crippen molar-refractivity contribution in [2.45, 2.75) is 66.9 Å². The Bertz CT molecular complexity index is 1300. The van der Waals surface area contributed by atoms with E-state index in [0.29, 0.717) is 16.7 Å². The molecule has 5 atom stereocenters. The van der Waals surface area contributed by atoms with Crippen LogP contribution in [-0.4, -0.2) is 38.9 Å². The largest absolute Gasteiger partial charge is 0.507 e. The number of benzene rings is 1. The van der Waals surface area contributed by atoms with Gasteiger partial charge < -0.3 is 10.2 Å². The van der Waals surface area contributed by atoms with Crippen LogP contribution in [0.3, 0.4) is 0 Å². The molecule has 0 spiro atoms. The van der Waals surface area contributed by atoms with Crippen LogP contribution in [0, 0.1) is 40.4 Å². The Hall–Kier alpha value is -3.04. The Balaban J connectivity index is 2.03. The topological polar surface area (TPSA) is 109 Å². The number of allylic oxidation sites excluding steroid dienone is 1. The molecule has 1 aromatic rings. The van der Waals surface area contributed by atoms with E-state index in [-0.39, 0.29) is 30.1 Å². The van der Waals surface area contributed by atoms with Crippen molar-refractivity contribution in [3.05, 3.63) is 40.0 Å². The third-order valence-corrected chi connectivity index (χ3v) is 8.57. The zero-order chi connectivity index (χ0) is 26.2. The third kappa shape index (κ3) is 3.00. The molecular formula is C29H32O6. The van der Waals surface area contributed by atoms with Crippen LogP contribution in [0.4, 0.5) is 0 Å². The van der Waals surface area contributed by atoms with Crippen molar-refractivity contribution < 1.29 is 29.4 Å². The highest BCUT2D eigenvalue weighted by Crippen LogP contribution is 2.64. The monoisotopic (exact) mass is 476 g/mol. The molecular weight excluding hydrogens is 444 g/mol. The van der Waals surface area contributed by atoms with E-state index in [0.717, 1.165) is 5.57 Å². The molecule has 0 amide bonds. The first-order chi connectivity index (χ1) is 16.2. The fourth-order valence-electron chi connectivity index (χ4n) is 7.59. The molecule has 6 nitrogen and oxygen atoms in total.